The van der Waals surface area contributed by atoms with Crippen molar-refractivity contribution in [2.75, 3.05) is 0 Å². The molecule has 1 atom stereocenters. The molecule has 0 bridgehead atoms. The molecular formula is C17H35N. The molecule has 0 saturated heterocycles. The smallest absolute Gasteiger partial charge is 0.00104 e. The Morgan fingerprint density at radius 1 is 0.778 bits per heavy atom. The van der Waals surface area contributed by atoms with Crippen molar-refractivity contribution in [1.82, 2.24) is 0 Å². The lowest BCUT2D eigenvalue weighted by Crippen LogP contribution is -2.13. The Hall–Kier alpha value is -0.300. The molecule has 0 amide bonds. The van der Waals surface area contributed by atoms with Crippen LogP contribution < -0.4 is 5.73 Å². The number of hydrogen-bond donors (Lipinski definition) is 1. The van der Waals surface area contributed by atoms with E-state index in [1.807, 2.05) is 0 Å². The van der Waals surface area contributed by atoms with Gasteiger partial charge in [-0.2, -0.15) is 0 Å². The molecule has 0 radical (unpaired) electrons. The third kappa shape index (κ3) is 15.7. The summed E-state index contributed by atoms with van der Waals surface area (Å²) in [6.07, 6.45) is 20.9. The Labute approximate surface area is 115 Å². The van der Waals surface area contributed by atoms with Crippen molar-refractivity contribution in [3.8, 4) is 0 Å². The molecule has 1 unspecified atom stereocenters. The Bertz CT molecular complexity index is 172. The zero-order valence-corrected chi connectivity index (χ0v) is 12.8. The monoisotopic (exact) mass is 253 g/mol. The molecule has 0 saturated carbocycles. The maximum Gasteiger partial charge on any atom is 0.00104 e. The van der Waals surface area contributed by atoms with Gasteiger partial charge in [0.15, 0.2) is 0 Å². The van der Waals surface area contributed by atoms with Gasteiger partial charge in [0.05, 0.1) is 0 Å². The first-order chi connectivity index (χ1) is 8.77. The predicted molar refractivity (Wildman–Crippen MR) is 83.9 cm³/mol. The maximum atomic E-state index is 5.72. The minimum absolute atomic E-state index is 0.387. The summed E-state index contributed by atoms with van der Waals surface area (Å²) >= 11 is 0. The molecular weight excluding hydrogens is 218 g/mol. The third-order valence-electron chi connectivity index (χ3n) is 3.42. The number of allylic oxidation sites excluding steroid dienone is 2. The Kier molecular flexibility index (Phi) is 14.5. The van der Waals surface area contributed by atoms with Crippen LogP contribution in [0.15, 0.2) is 12.2 Å². The van der Waals surface area contributed by atoms with Gasteiger partial charge in [-0.05, 0) is 39.0 Å². The van der Waals surface area contributed by atoms with Gasteiger partial charge in [0.1, 0.15) is 0 Å². The first-order valence-electron chi connectivity index (χ1n) is 8.18. The fourth-order valence-corrected chi connectivity index (χ4v) is 2.18. The molecule has 0 aliphatic carbocycles. The van der Waals surface area contributed by atoms with Crippen molar-refractivity contribution >= 4 is 0 Å². The van der Waals surface area contributed by atoms with Gasteiger partial charge in [0.2, 0.25) is 0 Å². The fraction of sp³-hybridized carbons (Fsp3) is 0.882. The molecule has 0 aromatic rings. The third-order valence-corrected chi connectivity index (χ3v) is 3.42. The summed E-state index contributed by atoms with van der Waals surface area (Å²) in [5.74, 6) is 0. The Morgan fingerprint density at radius 3 is 1.78 bits per heavy atom. The zero-order valence-electron chi connectivity index (χ0n) is 12.8. The molecule has 18 heavy (non-hydrogen) atoms. The number of unbranched alkanes of at least 4 members (excludes halogenated alkanes) is 9. The highest BCUT2D eigenvalue weighted by atomic mass is 14.6. The molecule has 0 heterocycles. The van der Waals surface area contributed by atoms with E-state index in [-0.39, 0.29) is 0 Å². The van der Waals surface area contributed by atoms with Gasteiger partial charge in [-0.15, -0.1) is 0 Å². The average molecular weight is 253 g/mol. The van der Waals surface area contributed by atoms with Crippen molar-refractivity contribution in [2.24, 2.45) is 5.73 Å². The maximum absolute atomic E-state index is 5.72. The quantitative estimate of drug-likeness (QED) is 0.336. The van der Waals surface area contributed by atoms with Crippen LogP contribution in [0.1, 0.15) is 90.9 Å². The second kappa shape index (κ2) is 14.8. The molecule has 0 spiro atoms. The standard InChI is InChI=1S/C17H35N/c1-3-4-5-6-7-8-9-10-11-12-13-14-15-16-17(2)18/h9-10,17H,3-8,11-16,18H2,1-2H3. The van der Waals surface area contributed by atoms with Crippen LogP contribution in [0.3, 0.4) is 0 Å². The van der Waals surface area contributed by atoms with E-state index in [0.29, 0.717) is 6.04 Å². The molecule has 0 aromatic heterocycles. The summed E-state index contributed by atoms with van der Waals surface area (Å²) in [6.45, 7) is 4.37. The zero-order chi connectivity index (χ0) is 13.5. The second-order valence-corrected chi connectivity index (χ2v) is 5.64. The van der Waals surface area contributed by atoms with E-state index in [1.54, 1.807) is 0 Å². The average Bonchev–Trinajstić information content (AvgIpc) is 2.34. The SMILES string of the molecule is CCCCCCCC=CCCCCCCC(C)N. The van der Waals surface area contributed by atoms with Crippen molar-refractivity contribution in [1.29, 1.82) is 0 Å². The van der Waals surface area contributed by atoms with Crippen LogP contribution in [-0.4, -0.2) is 6.04 Å². The highest BCUT2D eigenvalue weighted by molar-refractivity contribution is 4.81. The number of nitrogens with two attached hydrogens (primary N) is 1. The molecule has 1 heteroatoms. The molecule has 2 N–H and O–H groups in total. The van der Waals surface area contributed by atoms with Crippen molar-refractivity contribution in [2.45, 2.75) is 96.9 Å². The Morgan fingerprint density at radius 2 is 1.28 bits per heavy atom. The van der Waals surface area contributed by atoms with Crippen molar-refractivity contribution in [3.05, 3.63) is 12.2 Å². The summed E-state index contributed by atoms with van der Waals surface area (Å²) in [7, 11) is 0. The van der Waals surface area contributed by atoms with E-state index in [9.17, 15) is 0 Å². The largest absolute Gasteiger partial charge is 0.328 e. The molecule has 108 valence electrons. The van der Waals surface area contributed by atoms with Gasteiger partial charge in [-0.3, -0.25) is 0 Å². The first kappa shape index (κ1) is 17.7. The van der Waals surface area contributed by atoms with Crippen LogP contribution in [0.25, 0.3) is 0 Å². The highest BCUT2D eigenvalue weighted by Gasteiger charge is 1.93. The van der Waals surface area contributed by atoms with Gasteiger partial charge >= 0.3 is 0 Å². The summed E-state index contributed by atoms with van der Waals surface area (Å²) in [5.41, 5.74) is 5.72. The van der Waals surface area contributed by atoms with E-state index < -0.39 is 0 Å². The topological polar surface area (TPSA) is 26.0 Å². The van der Waals surface area contributed by atoms with Crippen LogP contribution in [0, 0.1) is 0 Å². The van der Waals surface area contributed by atoms with E-state index in [1.165, 1.54) is 77.0 Å². The van der Waals surface area contributed by atoms with Crippen LogP contribution >= 0.6 is 0 Å². The van der Waals surface area contributed by atoms with Crippen LogP contribution in [0.4, 0.5) is 0 Å². The van der Waals surface area contributed by atoms with E-state index >= 15 is 0 Å². The van der Waals surface area contributed by atoms with Gasteiger partial charge in [-0.1, -0.05) is 64.0 Å². The summed E-state index contributed by atoms with van der Waals surface area (Å²) in [6, 6.07) is 0.387. The fourth-order valence-electron chi connectivity index (χ4n) is 2.18. The highest BCUT2D eigenvalue weighted by Crippen LogP contribution is 2.08. The van der Waals surface area contributed by atoms with E-state index in [0.717, 1.165) is 0 Å². The Balaban J connectivity index is 3.04. The van der Waals surface area contributed by atoms with Gasteiger partial charge in [0.25, 0.3) is 0 Å². The van der Waals surface area contributed by atoms with Crippen LogP contribution in [0.2, 0.25) is 0 Å². The minimum atomic E-state index is 0.387. The van der Waals surface area contributed by atoms with Crippen molar-refractivity contribution < 1.29 is 0 Å². The van der Waals surface area contributed by atoms with Crippen LogP contribution in [0.5, 0.6) is 0 Å². The second-order valence-electron chi connectivity index (χ2n) is 5.64. The predicted octanol–water partition coefficient (Wildman–Crippen LogP) is 5.59. The molecule has 1 nitrogen and oxygen atoms in total. The number of rotatable bonds is 13. The lowest BCUT2D eigenvalue weighted by molar-refractivity contribution is 0.568. The molecule has 0 aliphatic rings. The van der Waals surface area contributed by atoms with E-state index in [2.05, 4.69) is 26.0 Å². The summed E-state index contributed by atoms with van der Waals surface area (Å²) < 4.78 is 0. The van der Waals surface area contributed by atoms with Gasteiger partial charge in [0, 0.05) is 6.04 Å². The molecule has 0 aliphatic heterocycles. The van der Waals surface area contributed by atoms with Gasteiger partial charge < -0.3 is 5.73 Å². The summed E-state index contributed by atoms with van der Waals surface area (Å²) in [5, 5.41) is 0. The molecule has 0 fully saturated rings. The summed E-state index contributed by atoms with van der Waals surface area (Å²) in [4.78, 5) is 0. The molecule has 0 rings (SSSR count). The van der Waals surface area contributed by atoms with Crippen LogP contribution in [-0.2, 0) is 0 Å². The first-order valence-corrected chi connectivity index (χ1v) is 8.18. The normalized spacial score (nSPS) is 13.3. The number of hydrogen-bond acceptors (Lipinski definition) is 1. The lowest BCUT2D eigenvalue weighted by Gasteiger charge is -2.03. The molecule has 0 aromatic carbocycles. The van der Waals surface area contributed by atoms with E-state index in [4.69, 9.17) is 5.73 Å². The minimum Gasteiger partial charge on any atom is -0.328 e. The van der Waals surface area contributed by atoms with Crippen molar-refractivity contribution in [3.63, 3.8) is 0 Å². The lowest BCUT2D eigenvalue weighted by atomic mass is 10.1. The van der Waals surface area contributed by atoms with Gasteiger partial charge in [-0.25, -0.2) is 0 Å².